The number of nitrogens with two attached hydrogens (primary N) is 1. The minimum atomic E-state index is -4.34. The Kier molecular flexibility index (Phi) is 4.03. The summed E-state index contributed by atoms with van der Waals surface area (Å²) in [7, 11) is -4.34. The molecule has 0 radical (unpaired) electrons. The summed E-state index contributed by atoms with van der Waals surface area (Å²) in [6.45, 7) is -3.07. The minimum absolute atomic E-state index is 0.994. The van der Waals surface area contributed by atoms with Crippen molar-refractivity contribution in [2.75, 3.05) is 20.0 Å². The highest BCUT2D eigenvalue weighted by molar-refractivity contribution is 7.88. The van der Waals surface area contributed by atoms with E-state index in [4.69, 9.17) is 21.1 Å². The van der Waals surface area contributed by atoms with Crippen LogP contribution in [0.1, 0.15) is 0 Å². The van der Waals surface area contributed by atoms with E-state index >= 15 is 0 Å². The molecule has 0 amide bonds. The van der Waals surface area contributed by atoms with Crippen molar-refractivity contribution < 1.29 is 27.9 Å². The van der Waals surface area contributed by atoms with Crippen LogP contribution in [0, 0.1) is 0 Å². The molecular formula is C4H11NO6S. The molecule has 0 saturated carbocycles. The van der Waals surface area contributed by atoms with E-state index < -0.39 is 35.0 Å². The molecule has 0 aromatic carbocycles. The smallest absolute Gasteiger partial charge is 0.293 e. The Bertz CT molecular complexity index is 220. The predicted octanol–water partition coefficient (Wildman–Crippen LogP) is -3.08. The van der Waals surface area contributed by atoms with Crippen LogP contribution in [0.5, 0.6) is 0 Å². The van der Waals surface area contributed by atoms with Crippen molar-refractivity contribution in [1.29, 1.82) is 0 Å². The van der Waals surface area contributed by atoms with Gasteiger partial charge < -0.3 is 21.1 Å². The molecule has 74 valence electrons. The van der Waals surface area contributed by atoms with Crippen LogP contribution in [0.15, 0.2) is 0 Å². The molecule has 0 saturated heterocycles. The highest BCUT2D eigenvalue weighted by Gasteiger charge is 2.40. The quantitative estimate of drug-likeness (QED) is 0.274. The lowest BCUT2D eigenvalue weighted by Gasteiger charge is -2.22. The average Bonchev–Trinajstić information content (AvgIpc) is 2.02. The normalized spacial score (nSPS) is 13.3. The molecule has 5 N–H and O–H groups in total. The van der Waals surface area contributed by atoms with Crippen LogP contribution in [-0.2, 0) is 14.3 Å². The zero-order valence-electron chi connectivity index (χ0n) is 6.17. The molecule has 0 spiro atoms. The van der Waals surface area contributed by atoms with Gasteiger partial charge in [-0.3, -0.25) is 0 Å². The molecule has 0 fully saturated rings. The van der Waals surface area contributed by atoms with Gasteiger partial charge >= 0.3 is 0 Å². The van der Waals surface area contributed by atoms with E-state index in [-0.39, 0.29) is 0 Å². The number of aliphatic hydroxyl groups excluding tert-OH is 3. The van der Waals surface area contributed by atoms with Gasteiger partial charge in [-0.05, 0) is 0 Å². The molecule has 0 bridgehead atoms. The van der Waals surface area contributed by atoms with Crippen molar-refractivity contribution in [3.8, 4) is 0 Å². The van der Waals surface area contributed by atoms with Crippen LogP contribution in [-0.4, -0.2) is 48.6 Å². The first-order valence-corrected chi connectivity index (χ1v) is 4.35. The van der Waals surface area contributed by atoms with Crippen molar-refractivity contribution in [1.82, 2.24) is 0 Å². The zero-order chi connectivity index (χ0) is 9.83. The lowest BCUT2D eigenvalue weighted by molar-refractivity contribution is 0.0890. The first kappa shape index (κ1) is 11.8. The van der Waals surface area contributed by atoms with E-state index in [2.05, 4.69) is 4.18 Å². The standard InChI is InChI=1S/C4H11NO6S/c5-4(1-6,2-7)12(9,10)11-3-8/h6-8H,1-3,5H2. The molecule has 8 heteroatoms. The third-order valence-electron chi connectivity index (χ3n) is 1.24. The molecule has 0 aromatic heterocycles. The monoisotopic (exact) mass is 201 g/mol. The Morgan fingerprint density at radius 1 is 1.25 bits per heavy atom. The lowest BCUT2D eigenvalue weighted by Crippen LogP contribution is -2.54. The Labute approximate surface area is 69.5 Å². The van der Waals surface area contributed by atoms with E-state index in [1.54, 1.807) is 0 Å². The largest absolute Gasteiger partial charge is 0.393 e. The van der Waals surface area contributed by atoms with Crippen molar-refractivity contribution in [3.05, 3.63) is 0 Å². The fourth-order valence-electron chi connectivity index (χ4n) is 0.395. The third kappa shape index (κ3) is 2.12. The molecule has 0 aliphatic rings. The van der Waals surface area contributed by atoms with Gasteiger partial charge in [0.1, 0.15) is 0 Å². The van der Waals surface area contributed by atoms with Crippen molar-refractivity contribution >= 4 is 10.1 Å². The maximum absolute atomic E-state index is 10.9. The summed E-state index contributed by atoms with van der Waals surface area (Å²) in [5, 5.41) is 25.2. The Morgan fingerprint density at radius 3 is 1.92 bits per heavy atom. The first-order chi connectivity index (χ1) is 5.43. The molecule has 0 heterocycles. The second-order valence-electron chi connectivity index (χ2n) is 2.08. The van der Waals surface area contributed by atoms with Crippen LogP contribution >= 0.6 is 0 Å². The van der Waals surface area contributed by atoms with Crippen LogP contribution in [0.2, 0.25) is 0 Å². The maximum atomic E-state index is 10.9. The van der Waals surface area contributed by atoms with Crippen LogP contribution in [0.25, 0.3) is 0 Å². The molecule has 0 unspecified atom stereocenters. The summed E-state index contributed by atoms with van der Waals surface area (Å²) < 4.78 is 25.6. The van der Waals surface area contributed by atoms with E-state index in [0.717, 1.165) is 0 Å². The van der Waals surface area contributed by atoms with Crippen molar-refractivity contribution in [2.45, 2.75) is 4.87 Å². The fraction of sp³-hybridized carbons (Fsp3) is 1.00. The zero-order valence-corrected chi connectivity index (χ0v) is 6.99. The van der Waals surface area contributed by atoms with Gasteiger partial charge in [0.25, 0.3) is 10.1 Å². The Hall–Kier alpha value is -0.250. The summed E-state index contributed by atoms with van der Waals surface area (Å²) >= 11 is 0. The second-order valence-corrected chi connectivity index (χ2v) is 4.04. The van der Waals surface area contributed by atoms with Gasteiger partial charge in [-0.1, -0.05) is 0 Å². The van der Waals surface area contributed by atoms with E-state index in [1.165, 1.54) is 0 Å². The molecule has 0 aromatic rings. The summed E-state index contributed by atoms with van der Waals surface area (Å²) in [4.78, 5) is -2.27. The molecular weight excluding hydrogens is 190 g/mol. The van der Waals surface area contributed by atoms with Crippen LogP contribution in [0.3, 0.4) is 0 Å². The van der Waals surface area contributed by atoms with Gasteiger partial charge in [-0.15, -0.1) is 0 Å². The van der Waals surface area contributed by atoms with Gasteiger partial charge in [0.15, 0.2) is 11.7 Å². The minimum Gasteiger partial charge on any atom is -0.393 e. The third-order valence-corrected chi connectivity index (χ3v) is 2.91. The fourth-order valence-corrected chi connectivity index (χ4v) is 1.08. The maximum Gasteiger partial charge on any atom is 0.293 e. The predicted molar refractivity (Wildman–Crippen MR) is 38.2 cm³/mol. The number of hydrogen-bond donors (Lipinski definition) is 4. The number of hydrogen-bond acceptors (Lipinski definition) is 7. The van der Waals surface area contributed by atoms with Crippen molar-refractivity contribution in [3.63, 3.8) is 0 Å². The summed E-state index contributed by atoms with van der Waals surface area (Å²) in [6.07, 6.45) is 0. The highest BCUT2D eigenvalue weighted by atomic mass is 32.2. The SMILES string of the molecule is NC(CO)(CO)S(=O)(=O)OCO. The van der Waals surface area contributed by atoms with Gasteiger partial charge in [-0.25, -0.2) is 4.18 Å². The van der Waals surface area contributed by atoms with Gasteiger partial charge in [0.05, 0.1) is 13.2 Å². The molecule has 0 aliphatic heterocycles. The van der Waals surface area contributed by atoms with Gasteiger partial charge in [0.2, 0.25) is 0 Å². The van der Waals surface area contributed by atoms with E-state index in [1.807, 2.05) is 0 Å². The van der Waals surface area contributed by atoms with Crippen LogP contribution < -0.4 is 5.73 Å². The highest BCUT2D eigenvalue weighted by Crippen LogP contribution is 2.11. The summed E-state index contributed by atoms with van der Waals surface area (Å²) in [5.41, 5.74) is 5.04. The average molecular weight is 201 g/mol. The first-order valence-electron chi connectivity index (χ1n) is 2.94. The van der Waals surface area contributed by atoms with E-state index in [9.17, 15) is 8.42 Å². The van der Waals surface area contributed by atoms with E-state index in [0.29, 0.717) is 0 Å². The van der Waals surface area contributed by atoms with Gasteiger partial charge in [-0.2, -0.15) is 8.42 Å². The summed E-state index contributed by atoms with van der Waals surface area (Å²) in [6, 6.07) is 0. The lowest BCUT2D eigenvalue weighted by atomic mass is 10.3. The number of aliphatic hydroxyl groups is 3. The van der Waals surface area contributed by atoms with Crippen LogP contribution in [0.4, 0.5) is 0 Å². The number of rotatable bonds is 5. The molecule has 12 heavy (non-hydrogen) atoms. The second kappa shape index (κ2) is 4.12. The topological polar surface area (TPSA) is 130 Å². The molecule has 7 nitrogen and oxygen atoms in total. The van der Waals surface area contributed by atoms with Gasteiger partial charge in [0, 0.05) is 0 Å². The van der Waals surface area contributed by atoms with Crippen molar-refractivity contribution in [2.24, 2.45) is 5.73 Å². The Balaban J connectivity index is 4.72. The Morgan fingerprint density at radius 2 is 1.67 bits per heavy atom. The summed E-state index contributed by atoms with van der Waals surface area (Å²) in [5.74, 6) is 0. The molecule has 0 rings (SSSR count). The molecule has 0 atom stereocenters. The molecule has 0 aliphatic carbocycles.